The van der Waals surface area contributed by atoms with Crippen molar-refractivity contribution in [2.24, 2.45) is 0 Å². The lowest BCUT2D eigenvalue weighted by Gasteiger charge is -2.26. The summed E-state index contributed by atoms with van der Waals surface area (Å²) < 4.78 is 4.93. The molecule has 0 aliphatic rings. The number of nitrogens with one attached hydrogen (secondary N) is 1. The highest BCUT2D eigenvalue weighted by atomic mass is 28.3. The number of carbonyl (C=O) groups excluding carboxylic acids is 1. The smallest absolute Gasteiger partial charge is 0.330 e. The molecule has 4 heteroatoms. The van der Waals surface area contributed by atoms with Gasteiger partial charge in [0.15, 0.2) is 0 Å². The zero-order chi connectivity index (χ0) is 11.9. The lowest BCUT2D eigenvalue weighted by Crippen LogP contribution is -2.48. The van der Waals surface area contributed by atoms with E-state index in [1.54, 1.807) is 0 Å². The van der Waals surface area contributed by atoms with Gasteiger partial charge in [-0.25, -0.2) is 4.79 Å². The van der Waals surface area contributed by atoms with Crippen molar-refractivity contribution in [1.82, 2.24) is 4.98 Å². The molecule has 0 amide bonds. The zero-order valence-electron chi connectivity index (χ0n) is 10.3. The average Bonchev–Trinajstić information content (AvgIpc) is 2.10. The molecule has 0 aliphatic heterocycles. The van der Waals surface area contributed by atoms with Crippen LogP contribution < -0.4 is 4.98 Å². The first-order valence-electron chi connectivity index (χ1n) is 5.44. The molecule has 0 atom stereocenters. The highest BCUT2D eigenvalue weighted by molar-refractivity contribution is 6.75. The standard InChI is InChI=1S/C11H23NO2Si/c1-6-11(13)14-8-7-9-15(4,5)12-10(2)3/h6,10,12H,1,7-9H2,2-5H3. The van der Waals surface area contributed by atoms with Crippen molar-refractivity contribution in [1.29, 1.82) is 0 Å². The fraction of sp³-hybridized carbons (Fsp3) is 0.727. The molecule has 0 unspecified atom stereocenters. The molecule has 0 radical (unpaired) electrons. The second kappa shape index (κ2) is 6.79. The molecule has 0 aromatic rings. The third kappa shape index (κ3) is 8.39. The van der Waals surface area contributed by atoms with E-state index in [0.717, 1.165) is 12.5 Å². The maximum Gasteiger partial charge on any atom is 0.330 e. The number of hydrogen-bond donors (Lipinski definition) is 1. The minimum atomic E-state index is -1.32. The minimum Gasteiger partial charge on any atom is -0.463 e. The van der Waals surface area contributed by atoms with E-state index in [2.05, 4.69) is 38.5 Å². The van der Waals surface area contributed by atoms with Crippen molar-refractivity contribution in [3.63, 3.8) is 0 Å². The largest absolute Gasteiger partial charge is 0.463 e. The van der Waals surface area contributed by atoms with E-state index in [0.29, 0.717) is 12.6 Å². The van der Waals surface area contributed by atoms with Crippen molar-refractivity contribution in [2.45, 2.75) is 45.4 Å². The summed E-state index contributed by atoms with van der Waals surface area (Å²) in [5, 5.41) is 0. The molecule has 0 bridgehead atoms. The van der Waals surface area contributed by atoms with Crippen molar-refractivity contribution in [3.8, 4) is 0 Å². The lowest BCUT2D eigenvalue weighted by atomic mass is 10.4. The van der Waals surface area contributed by atoms with Gasteiger partial charge in [0, 0.05) is 6.08 Å². The molecule has 0 heterocycles. The van der Waals surface area contributed by atoms with Crippen LogP contribution in [0.5, 0.6) is 0 Å². The molecule has 0 fully saturated rings. The first-order valence-corrected chi connectivity index (χ1v) is 8.65. The van der Waals surface area contributed by atoms with Crippen LogP contribution in [0.15, 0.2) is 12.7 Å². The van der Waals surface area contributed by atoms with E-state index >= 15 is 0 Å². The van der Waals surface area contributed by atoms with Crippen LogP contribution in [0.1, 0.15) is 20.3 Å². The number of carbonyl (C=O) groups is 1. The Morgan fingerprint density at radius 1 is 1.53 bits per heavy atom. The molecular formula is C11H23NO2Si. The number of rotatable bonds is 7. The molecule has 0 saturated carbocycles. The lowest BCUT2D eigenvalue weighted by molar-refractivity contribution is -0.137. The first-order chi connectivity index (χ1) is 6.87. The van der Waals surface area contributed by atoms with Gasteiger partial charge >= 0.3 is 5.97 Å². The Kier molecular flexibility index (Phi) is 6.52. The van der Waals surface area contributed by atoms with Crippen LogP contribution in [0.25, 0.3) is 0 Å². The number of hydrogen-bond acceptors (Lipinski definition) is 3. The van der Waals surface area contributed by atoms with Gasteiger partial charge in [0.05, 0.1) is 6.61 Å². The normalized spacial score (nSPS) is 11.5. The Balaban J connectivity index is 3.65. The second-order valence-corrected chi connectivity index (χ2v) is 9.21. The Bertz CT molecular complexity index is 215. The molecule has 0 aromatic carbocycles. The Hall–Kier alpha value is -0.613. The maximum atomic E-state index is 10.8. The van der Waals surface area contributed by atoms with Gasteiger partial charge in [-0.2, -0.15) is 0 Å². The molecule has 0 aliphatic carbocycles. The fourth-order valence-corrected chi connectivity index (χ4v) is 4.33. The van der Waals surface area contributed by atoms with Gasteiger partial charge in [0.2, 0.25) is 0 Å². The van der Waals surface area contributed by atoms with Crippen molar-refractivity contribution in [2.75, 3.05) is 6.61 Å². The quantitative estimate of drug-likeness (QED) is 0.315. The Labute approximate surface area is 94.0 Å². The van der Waals surface area contributed by atoms with Crippen LogP contribution in [-0.2, 0) is 9.53 Å². The average molecular weight is 229 g/mol. The minimum absolute atomic E-state index is 0.328. The topological polar surface area (TPSA) is 38.3 Å². The van der Waals surface area contributed by atoms with Gasteiger partial charge in [-0.1, -0.05) is 33.5 Å². The zero-order valence-corrected chi connectivity index (χ0v) is 11.3. The predicted molar refractivity (Wildman–Crippen MR) is 66.3 cm³/mol. The maximum absolute atomic E-state index is 10.8. The summed E-state index contributed by atoms with van der Waals surface area (Å²) in [5.41, 5.74) is 0. The summed E-state index contributed by atoms with van der Waals surface area (Å²) in [6, 6.07) is 1.65. The van der Waals surface area contributed by atoms with E-state index in [1.165, 1.54) is 6.08 Å². The monoisotopic (exact) mass is 229 g/mol. The molecule has 15 heavy (non-hydrogen) atoms. The molecule has 0 aromatic heterocycles. The molecule has 88 valence electrons. The summed E-state index contributed by atoms with van der Waals surface area (Å²) in [4.78, 5) is 14.4. The van der Waals surface area contributed by atoms with Crippen LogP contribution in [0.3, 0.4) is 0 Å². The highest BCUT2D eigenvalue weighted by Crippen LogP contribution is 2.09. The number of ether oxygens (including phenoxy) is 1. The van der Waals surface area contributed by atoms with Crippen LogP contribution >= 0.6 is 0 Å². The molecule has 0 rings (SSSR count). The molecule has 0 saturated heterocycles. The van der Waals surface area contributed by atoms with Crippen LogP contribution in [0, 0.1) is 0 Å². The van der Waals surface area contributed by atoms with E-state index in [4.69, 9.17) is 4.74 Å². The summed E-state index contributed by atoms with van der Waals surface area (Å²) in [5.74, 6) is -0.328. The molecule has 1 N–H and O–H groups in total. The fourth-order valence-electron chi connectivity index (χ4n) is 1.60. The second-order valence-electron chi connectivity index (χ2n) is 4.66. The van der Waals surface area contributed by atoms with Crippen molar-refractivity contribution < 1.29 is 9.53 Å². The van der Waals surface area contributed by atoms with E-state index in [1.807, 2.05) is 0 Å². The first kappa shape index (κ1) is 14.4. The van der Waals surface area contributed by atoms with E-state index in [-0.39, 0.29) is 5.97 Å². The van der Waals surface area contributed by atoms with Crippen LogP contribution in [0.2, 0.25) is 19.1 Å². The van der Waals surface area contributed by atoms with Gasteiger partial charge in [-0.15, -0.1) is 0 Å². The van der Waals surface area contributed by atoms with Crippen LogP contribution in [0.4, 0.5) is 0 Å². The van der Waals surface area contributed by atoms with Gasteiger partial charge in [0.1, 0.15) is 8.24 Å². The predicted octanol–water partition coefficient (Wildman–Crippen LogP) is 2.31. The molecule has 0 spiro atoms. The third-order valence-corrected chi connectivity index (χ3v) is 5.00. The Morgan fingerprint density at radius 3 is 2.60 bits per heavy atom. The summed E-state index contributed by atoms with van der Waals surface area (Å²) in [7, 11) is -1.32. The van der Waals surface area contributed by atoms with Crippen LogP contribution in [-0.4, -0.2) is 26.9 Å². The van der Waals surface area contributed by atoms with E-state index in [9.17, 15) is 4.79 Å². The third-order valence-electron chi connectivity index (χ3n) is 2.04. The van der Waals surface area contributed by atoms with Gasteiger partial charge in [0.25, 0.3) is 0 Å². The summed E-state index contributed by atoms with van der Waals surface area (Å²) >= 11 is 0. The van der Waals surface area contributed by atoms with E-state index < -0.39 is 8.24 Å². The van der Waals surface area contributed by atoms with Gasteiger partial charge < -0.3 is 9.72 Å². The Morgan fingerprint density at radius 2 is 2.13 bits per heavy atom. The van der Waals surface area contributed by atoms with Crippen molar-refractivity contribution >= 4 is 14.2 Å². The summed E-state index contributed by atoms with van der Waals surface area (Å²) in [6.07, 6.45) is 2.13. The molecule has 3 nitrogen and oxygen atoms in total. The van der Waals surface area contributed by atoms with Gasteiger partial charge in [-0.05, 0) is 18.5 Å². The van der Waals surface area contributed by atoms with Gasteiger partial charge in [-0.3, -0.25) is 0 Å². The van der Waals surface area contributed by atoms with Crippen molar-refractivity contribution in [3.05, 3.63) is 12.7 Å². The molecular weight excluding hydrogens is 206 g/mol. The number of esters is 1. The highest BCUT2D eigenvalue weighted by Gasteiger charge is 2.20. The summed E-state index contributed by atoms with van der Waals surface area (Å²) in [6.45, 7) is 12.8. The SMILES string of the molecule is C=CC(=O)OCCC[Si](C)(C)NC(C)C.